The maximum Gasteiger partial charge on any atom is 0.337 e. The van der Waals surface area contributed by atoms with E-state index in [9.17, 15) is 13.2 Å². The monoisotopic (exact) mass is 338 g/mol. The summed E-state index contributed by atoms with van der Waals surface area (Å²) in [6.45, 7) is 1.89. The number of nitrogens with zero attached hydrogens (tertiary/aromatic N) is 1. The maximum absolute atomic E-state index is 12.5. The summed E-state index contributed by atoms with van der Waals surface area (Å²) in [6.07, 6.45) is 4.20. The molecule has 7 heteroatoms. The number of carbonyl (C=O) groups is 1. The summed E-state index contributed by atoms with van der Waals surface area (Å²) in [7, 11) is -2.35. The molecule has 0 unspecified atom stereocenters. The molecule has 1 saturated heterocycles. The van der Waals surface area contributed by atoms with Crippen molar-refractivity contribution < 1.29 is 17.9 Å². The summed E-state index contributed by atoms with van der Waals surface area (Å²) in [5, 5.41) is 0. The predicted molar refractivity (Wildman–Crippen MR) is 85.7 cm³/mol. The molecule has 23 heavy (non-hydrogen) atoms. The van der Waals surface area contributed by atoms with E-state index in [4.69, 9.17) is 0 Å². The molecule has 0 aromatic heterocycles. The molecule has 1 aromatic rings. The van der Waals surface area contributed by atoms with Gasteiger partial charge in [-0.1, -0.05) is 6.07 Å². The van der Waals surface area contributed by atoms with Crippen molar-refractivity contribution in [1.82, 2.24) is 9.62 Å². The molecule has 1 saturated carbocycles. The lowest BCUT2D eigenvalue weighted by Crippen LogP contribution is -2.45. The van der Waals surface area contributed by atoms with Crippen molar-refractivity contribution >= 4 is 16.0 Å². The van der Waals surface area contributed by atoms with Crippen molar-refractivity contribution in [3.05, 3.63) is 29.8 Å². The van der Waals surface area contributed by atoms with Crippen molar-refractivity contribution in [3.8, 4) is 0 Å². The Morgan fingerprint density at radius 3 is 2.52 bits per heavy atom. The molecule has 0 bridgehead atoms. The molecule has 1 aromatic carbocycles. The molecule has 0 atom stereocenters. The highest BCUT2D eigenvalue weighted by atomic mass is 32.2. The molecule has 126 valence electrons. The van der Waals surface area contributed by atoms with Crippen LogP contribution in [0.3, 0.4) is 0 Å². The van der Waals surface area contributed by atoms with Gasteiger partial charge in [0.15, 0.2) is 0 Å². The first-order chi connectivity index (χ1) is 11.0. The first-order valence-corrected chi connectivity index (χ1v) is 9.42. The normalized spacial score (nSPS) is 20.4. The standard InChI is InChI=1S/C16H22N2O4S/c1-22-16(19)12-3-2-4-15(11-12)23(20,21)17-13-7-9-18(10-8-13)14-5-6-14/h2-4,11,13-14,17H,5-10H2,1H3. The second kappa shape index (κ2) is 6.59. The van der Waals surface area contributed by atoms with Gasteiger partial charge in [0.05, 0.1) is 17.6 Å². The number of nitrogens with one attached hydrogen (secondary N) is 1. The van der Waals surface area contributed by atoms with E-state index in [1.54, 1.807) is 12.1 Å². The van der Waals surface area contributed by atoms with Crippen LogP contribution in [0.4, 0.5) is 0 Å². The van der Waals surface area contributed by atoms with Gasteiger partial charge >= 0.3 is 5.97 Å². The molecule has 3 rings (SSSR count). The van der Waals surface area contributed by atoms with Crippen LogP contribution in [0.5, 0.6) is 0 Å². The number of hydrogen-bond acceptors (Lipinski definition) is 5. The van der Waals surface area contributed by atoms with Gasteiger partial charge in [-0.2, -0.15) is 0 Å². The first-order valence-electron chi connectivity index (χ1n) is 7.94. The van der Waals surface area contributed by atoms with Crippen LogP contribution in [0.1, 0.15) is 36.0 Å². The van der Waals surface area contributed by atoms with Gasteiger partial charge in [-0.25, -0.2) is 17.9 Å². The summed E-state index contributed by atoms with van der Waals surface area (Å²) in [4.78, 5) is 14.1. The lowest BCUT2D eigenvalue weighted by Gasteiger charge is -2.32. The second-order valence-electron chi connectivity index (χ2n) is 6.18. The molecule has 2 aliphatic rings. The number of sulfonamides is 1. The van der Waals surface area contributed by atoms with E-state index in [0.717, 1.165) is 32.0 Å². The van der Waals surface area contributed by atoms with Crippen LogP contribution in [0.15, 0.2) is 29.2 Å². The highest BCUT2D eigenvalue weighted by Gasteiger charge is 2.33. The van der Waals surface area contributed by atoms with Crippen LogP contribution < -0.4 is 4.72 Å². The maximum atomic E-state index is 12.5. The lowest BCUT2D eigenvalue weighted by molar-refractivity contribution is 0.0600. The van der Waals surface area contributed by atoms with Gasteiger partial charge in [-0.3, -0.25) is 0 Å². The second-order valence-corrected chi connectivity index (χ2v) is 7.90. The Kier molecular flexibility index (Phi) is 4.70. The lowest BCUT2D eigenvalue weighted by atomic mass is 10.1. The highest BCUT2D eigenvalue weighted by molar-refractivity contribution is 7.89. The van der Waals surface area contributed by atoms with Crippen LogP contribution in [0.25, 0.3) is 0 Å². The quantitative estimate of drug-likeness (QED) is 0.821. The van der Waals surface area contributed by atoms with E-state index < -0.39 is 16.0 Å². The summed E-state index contributed by atoms with van der Waals surface area (Å²) >= 11 is 0. The number of piperidine rings is 1. The fraction of sp³-hybridized carbons (Fsp3) is 0.562. The van der Waals surface area contributed by atoms with E-state index >= 15 is 0 Å². The van der Waals surface area contributed by atoms with E-state index in [0.29, 0.717) is 0 Å². The van der Waals surface area contributed by atoms with Crippen LogP contribution in [-0.4, -0.2) is 51.6 Å². The third kappa shape index (κ3) is 3.91. The van der Waals surface area contributed by atoms with Gasteiger partial charge in [0, 0.05) is 12.1 Å². The number of likely N-dealkylation sites (tertiary alicyclic amines) is 1. The molecular formula is C16H22N2O4S. The van der Waals surface area contributed by atoms with E-state index in [1.165, 1.54) is 32.1 Å². The highest BCUT2D eigenvalue weighted by Crippen LogP contribution is 2.29. The molecule has 1 aliphatic carbocycles. The molecule has 1 N–H and O–H groups in total. The molecule has 0 spiro atoms. The Bertz CT molecular complexity index is 677. The van der Waals surface area contributed by atoms with E-state index in [2.05, 4.69) is 14.4 Å². The van der Waals surface area contributed by atoms with Crippen molar-refractivity contribution in [2.24, 2.45) is 0 Å². The zero-order valence-corrected chi connectivity index (χ0v) is 14.0. The van der Waals surface area contributed by atoms with Crippen LogP contribution in [0.2, 0.25) is 0 Å². The Hall–Kier alpha value is -1.44. The van der Waals surface area contributed by atoms with Gasteiger partial charge in [0.2, 0.25) is 10.0 Å². The smallest absolute Gasteiger partial charge is 0.337 e. The third-order valence-electron chi connectivity index (χ3n) is 4.48. The van der Waals surface area contributed by atoms with Crippen LogP contribution in [-0.2, 0) is 14.8 Å². The number of hydrogen-bond donors (Lipinski definition) is 1. The Labute approximate surface area is 136 Å². The predicted octanol–water partition coefficient (Wildman–Crippen LogP) is 1.38. The molecule has 1 heterocycles. The van der Waals surface area contributed by atoms with Crippen molar-refractivity contribution in [2.45, 2.75) is 42.7 Å². The minimum atomic E-state index is -3.62. The number of ether oxygens (including phenoxy) is 1. The minimum absolute atomic E-state index is 0.0446. The van der Waals surface area contributed by atoms with Gasteiger partial charge in [-0.15, -0.1) is 0 Å². The van der Waals surface area contributed by atoms with Crippen LogP contribution >= 0.6 is 0 Å². The summed E-state index contributed by atoms with van der Waals surface area (Å²) in [5.41, 5.74) is 0.235. The molecule has 1 aliphatic heterocycles. The molecule has 0 amide bonds. The van der Waals surface area contributed by atoms with E-state index in [-0.39, 0.29) is 16.5 Å². The average Bonchev–Trinajstić information content (AvgIpc) is 3.39. The van der Waals surface area contributed by atoms with Gasteiger partial charge in [-0.05, 0) is 57.0 Å². The summed E-state index contributed by atoms with van der Waals surface area (Å²) in [5.74, 6) is -0.542. The molecule has 2 fully saturated rings. The van der Waals surface area contributed by atoms with E-state index in [1.807, 2.05) is 0 Å². The fourth-order valence-corrected chi connectivity index (χ4v) is 4.37. The number of methoxy groups -OCH3 is 1. The number of esters is 1. The van der Waals surface area contributed by atoms with Crippen molar-refractivity contribution in [2.75, 3.05) is 20.2 Å². The largest absolute Gasteiger partial charge is 0.465 e. The Morgan fingerprint density at radius 1 is 1.22 bits per heavy atom. The zero-order valence-electron chi connectivity index (χ0n) is 13.2. The Balaban J connectivity index is 1.66. The zero-order chi connectivity index (χ0) is 16.4. The fourth-order valence-electron chi connectivity index (χ4n) is 3.02. The SMILES string of the molecule is COC(=O)c1cccc(S(=O)(=O)NC2CCN(C3CC3)CC2)c1. The number of carbonyl (C=O) groups excluding carboxylic acids is 1. The molecule has 6 nitrogen and oxygen atoms in total. The van der Waals surface area contributed by atoms with Crippen molar-refractivity contribution in [3.63, 3.8) is 0 Å². The van der Waals surface area contributed by atoms with Crippen LogP contribution in [0, 0.1) is 0 Å². The topological polar surface area (TPSA) is 75.7 Å². The molecule has 0 radical (unpaired) electrons. The number of benzene rings is 1. The third-order valence-corrected chi connectivity index (χ3v) is 6.00. The van der Waals surface area contributed by atoms with Gasteiger partial charge < -0.3 is 9.64 Å². The minimum Gasteiger partial charge on any atom is -0.465 e. The average molecular weight is 338 g/mol. The Morgan fingerprint density at radius 2 is 1.91 bits per heavy atom. The molecular weight excluding hydrogens is 316 g/mol. The van der Waals surface area contributed by atoms with Crippen molar-refractivity contribution in [1.29, 1.82) is 0 Å². The number of rotatable bonds is 5. The summed E-state index contributed by atoms with van der Waals surface area (Å²) in [6, 6.07) is 6.62. The summed E-state index contributed by atoms with van der Waals surface area (Å²) < 4.78 is 32.4. The van der Waals surface area contributed by atoms with Gasteiger partial charge in [0.1, 0.15) is 0 Å². The van der Waals surface area contributed by atoms with Gasteiger partial charge in [0.25, 0.3) is 0 Å². The first kappa shape index (κ1) is 16.4.